The number of hydrogen-bond acceptors (Lipinski definition) is 10. The van der Waals surface area contributed by atoms with Crippen LogP contribution in [0.3, 0.4) is 0 Å². The van der Waals surface area contributed by atoms with Gasteiger partial charge < -0.3 is 43.2 Å². The molecule has 0 aromatic heterocycles. The number of aryl methyl sites for hydroxylation is 1. The third-order valence-electron chi connectivity index (χ3n) is 9.71. The van der Waals surface area contributed by atoms with E-state index in [-0.39, 0.29) is 5.91 Å². The molecule has 1 saturated heterocycles. The quantitative estimate of drug-likeness (QED) is 0.147. The van der Waals surface area contributed by atoms with Crippen molar-refractivity contribution in [3.05, 3.63) is 71.3 Å². The number of piperidine rings is 1. The molecule has 5 rings (SSSR count). The minimum Gasteiger partial charge on any atom is -0.493 e. The van der Waals surface area contributed by atoms with Crippen LogP contribution in [0.5, 0.6) is 34.5 Å². The molecule has 3 aromatic carbocycles. The summed E-state index contributed by atoms with van der Waals surface area (Å²) < 4.78 is 39.4. The first kappa shape index (κ1) is 38.1. The zero-order chi connectivity index (χ0) is 37.2. The molecule has 0 spiro atoms. The van der Waals surface area contributed by atoms with Crippen LogP contribution in [0.25, 0.3) is 0 Å². The number of carboxylic acid groups (broad SMARTS) is 1. The van der Waals surface area contributed by atoms with Crippen LogP contribution in [0.2, 0.25) is 0 Å². The number of likely N-dealkylation sites (tertiary alicyclic amines) is 1. The number of esters is 1. The Morgan fingerprint density at radius 2 is 1.50 bits per heavy atom. The van der Waals surface area contributed by atoms with Crippen molar-refractivity contribution < 1.29 is 52.6 Å². The molecule has 3 aromatic rings. The van der Waals surface area contributed by atoms with Crippen LogP contribution in [-0.4, -0.2) is 82.6 Å². The molecule has 2 aliphatic rings. The summed E-state index contributed by atoms with van der Waals surface area (Å²) >= 11 is 0. The first-order chi connectivity index (χ1) is 25.2. The fourth-order valence-electron chi connectivity index (χ4n) is 6.81. The summed E-state index contributed by atoms with van der Waals surface area (Å²) in [6.45, 7) is -0.0777. The number of carbonyl (C=O) groups is 3. The van der Waals surface area contributed by atoms with Gasteiger partial charge >= 0.3 is 11.9 Å². The lowest BCUT2D eigenvalue weighted by Gasteiger charge is -2.37. The van der Waals surface area contributed by atoms with E-state index in [4.69, 9.17) is 38.3 Å². The fraction of sp³-hybridized carbons (Fsp3) is 0.475. The van der Waals surface area contributed by atoms with Gasteiger partial charge in [0.15, 0.2) is 29.6 Å². The summed E-state index contributed by atoms with van der Waals surface area (Å²) in [5.41, 5.74) is 2.34. The topological polar surface area (TPSA) is 139 Å². The molecule has 1 heterocycles. The molecule has 0 radical (unpaired) electrons. The molecule has 1 aliphatic heterocycles. The van der Waals surface area contributed by atoms with E-state index < -0.39 is 36.6 Å². The van der Waals surface area contributed by atoms with E-state index in [0.29, 0.717) is 78.2 Å². The minimum absolute atomic E-state index is 0.131. The second kappa shape index (κ2) is 17.9. The van der Waals surface area contributed by atoms with Crippen LogP contribution in [0.1, 0.15) is 73.7 Å². The van der Waals surface area contributed by atoms with Crippen molar-refractivity contribution in [1.29, 1.82) is 0 Å². The van der Waals surface area contributed by atoms with Gasteiger partial charge in [0.1, 0.15) is 17.9 Å². The van der Waals surface area contributed by atoms with Crippen LogP contribution in [-0.2, 0) is 25.5 Å². The Morgan fingerprint density at radius 1 is 0.788 bits per heavy atom. The third-order valence-corrected chi connectivity index (χ3v) is 9.71. The average Bonchev–Trinajstić information content (AvgIpc) is 4.01. The molecule has 1 amide bonds. The standard InChI is InChI=1S/C40H49NO11/c1-46-33-17-15-26(20-34(33)47-2)14-16-32(27-9-8-10-29(21-27)51-24-37(42)43)52-40(45)31-11-6-7-18-41(31)39(44)30(19-25-12-13-25)28-22-35(48-3)38(50-5)36(23-28)49-4/h8-10,15,17,20-23,25,30-32H,6-7,11-14,16,18-19,24H2,1-5H3,(H,42,43)/t30-,31+,32-/m1/s1. The fourth-order valence-corrected chi connectivity index (χ4v) is 6.81. The Hall–Kier alpha value is -5.13. The molecule has 0 bridgehead atoms. The van der Waals surface area contributed by atoms with Gasteiger partial charge in [0, 0.05) is 6.54 Å². The van der Waals surface area contributed by atoms with Crippen molar-refractivity contribution in [1.82, 2.24) is 4.90 Å². The zero-order valence-electron chi connectivity index (χ0n) is 30.6. The Morgan fingerprint density at radius 3 is 2.13 bits per heavy atom. The molecule has 1 aliphatic carbocycles. The maximum absolute atomic E-state index is 14.6. The Labute approximate surface area is 304 Å². The summed E-state index contributed by atoms with van der Waals surface area (Å²) in [5.74, 6) is 1.09. The lowest BCUT2D eigenvalue weighted by molar-refractivity contribution is -0.162. The third kappa shape index (κ3) is 9.40. The Bertz CT molecular complexity index is 1680. The molecule has 1 N–H and O–H groups in total. The predicted octanol–water partition coefficient (Wildman–Crippen LogP) is 6.38. The van der Waals surface area contributed by atoms with Crippen molar-refractivity contribution >= 4 is 17.8 Å². The van der Waals surface area contributed by atoms with Crippen LogP contribution in [0, 0.1) is 5.92 Å². The number of amides is 1. The van der Waals surface area contributed by atoms with Gasteiger partial charge in [-0.25, -0.2) is 9.59 Å². The highest BCUT2D eigenvalue weighted by atomic mass is 16.5. The molecule has 12 nitrogen and oxygen atoms in total. The number of rotatable bonds is 18. The Kier molecular flexibility index (Phi) is 13.1. The van der Waals surface area contributed by atoms with Gasteiger partial charge in [0.2, 0.25) is 11.7 Å². The number of aliphatic carboxylic acids is 1. The molecular formula is C40H49NO11. The predicted molar refractivity (Wildman–Crippen MR) is 192 cm³/mol. The van der Waals surface area contributed by atoms with Crippen LogP contribution >= 0.6 is 0 Å². The van der Waals surface area contributed by atoms with Gasteiger partial charge in [0.05, 0.1) is 41.5 Å². The number of methoxy groups -OCH3 is 5. The van der Waals surface area contributed by atoms with Gasteiger partial charge in [-0.1, -0.05) is 31.0 Å². The van der Waals surface area contributed by atoms with Crippen molar-refractivity contribution in [3.8, 4) is 34.5 Å². The van der Waals surface area contributed by atoms with Gasteiger partial charge in [-0.2, -0.15) is 0 Å². The molecule has 280 valence electrons. The number of benzene rings is 3. The number of carboxylic acids is 1. The monoisotopic (exact) mass is 719 g/mol. The molecule has 3 atom stereocenters. The van der Waals surface area contributed by atoms with E-state index in [0.717, 1.165) is 36.8 Å². The number of carbonyl (C=O) groups excluding carboxylic acids is 2. The van der Waals surface area contributed by atoms with Gasteiger partial charge in [-0.3, -0.25) is 4.79 Å². The Balaban J connectivity index is 1.42. The number of ether oxygens (including phenoxy) is 7. The first-order valence-electron chi connectivity index (χ1n) is 17.7. The number of hydrogen-bond donors (Lipinski definition) is 1. The van der Waals surface area contributed by atoms with Crippen LogP contribution in [0.4, 0.5) is 0 Å². The summed E-state index contributed by atoms with van der Waals surface area (Å²) in [4.78, 5) is 41.7. The average molecular weight is 720 g/mol. The second-order valence-corrected chi connectivity index (χ2v) is 13.1. The van der Waals surface area contributed by atoms with Crippen LogP contribution < -0.4 is 28.4 Å². The van der Waals surface area contributed by atoms with Crippen molar-refractivity contribution in [3.63, 3.8) is 0 Å². The lowest BCUT2D eigenvalue weighted by atomic mass is 9.89. The molecule has 0 unspecified atom stereocenters. The molecular weight excluding hydrogens is 670 g/mol. The zero-order valence-corrected chi connectivity index (χ0v) is 30.6. The second-order valence-electron chi connectivity index (χ2n) is 13.1. The summed E-state index contributed by atoms with van der Waals surface area (Å²) in [7, 11) is 7.78. The van der Waals surface area contributed by atoms with Crippen molar-refractivity contribution in [2.24, 2.45) is 5.92 Å². The molecule has 12 heteroatoms. The normalized spacial score (nSPS) is 16.6. The highest BCUT2D eigenvalue weighted by molar-refractivity contribution is 5.89. The van der Waals surface area contributed by atoms with E-state index >= 15 is 0 Å². The molecule has 52 heavy (non-hydrogen) atoms. The number of nitrogens with zero attached hydrogens (tertiary/aromatic N) is 1. The van der Waals surface area contributed by atoms with Crippen molar-refractivity contribution in [2.75, 3.05) is 48.7 Å². The van der Waals surface area contributed by atoms with Crippen LogP contribution in [0.15, 0.2) is 54.6 Å². The SMILES string of the molecule is COc1ccc(CC[C@@H](OC(=O)[C@@H]2CCCCN2C(=O)[C@H](CC2CC2)c2cc(OC)c(OC)c(OC)c2)c2cccc(OCC(=O)O)c2)cc1OC. The minimum atomic E-state index is -1.10. The van der Waals surface area contributed by atoms with E-state index in [2.05, 4.69) is 0 Å². The maximum atomic E-state index is 14.6. The molecule has 2 fully saturated rings. The molecule has 1 saturated carbocycles. The van der Waals surface area contributed by atoms with Gasteiger partial charge in [0.25, 0.3) is 0 Å². The first-order valence-corrected chi connectivity index (χ1v) is 17.7. The van der Waals surface area contributed by atoms with Gasteiger partial charge in [-0.05, 0) is 97.5 Å². The highest BCUT2D eigenvalue weighted by Gasteiger charge is 2.40. The highest BCUT2D eigenvalue weighted by Crippen LogP contribution is 2.45. The lowest BCUT2D eigenvalue weighted by Crippen LogP contribution is -2.50. The summed E-state index contributed by atoms with van der Waals surface area (Å²) in [5, 5.41) is 9.15. The van der Waals surface area contributed by atoms with E-state index in [1.165, 1.54) is 7.11 Å². The largest absolute Gasteiger partial charge is 0.493 e. The van der Waals surface area contributed by atoms with E-state index in [1.807, 2.05) is 36.4 Å². The van der Waals surface area contributed by atoms with E-state index in [9.17, 15) is 14.4 Å². The van der Waals surface area contributed by atoms with E-state index in [1.54, 1.807) is 51.5 Å². The van der Waals surface area contributed by atoms with Gasteiger partial charge in [-0.15, -0.1) is 0 Å². The van der Waals surface area contributed by atoms with Crippen molar-refractivity contribution in [2.45, 2.75) is 69.4 Å². The summed E-state index contributed by atoms with van der Waals surface area (Å²) in [6, 6.07) is 15.4. The summed E-state index contributed by atoms with van der Waals surface area (Å²) in [6.07, 6.45) is 4.98. The maximum Gasteiger partial charge on any atom is 0.341 e. The smallest absolute Gasteiger partial charge is 0.341 e.